The van der Waals surface area contributed by atoms with E-state index < -0.39 is 48.8 Å². The Morgan fingerprint density at radius 2 is 1.56 bits per heavy atom. The summed E-state index contributed by atoms with van der Waals surface area (Å²) in [5, 5.41) is 25.2. The lowest BCUT2D eigenvalue weighted by Crippen LogP contribution is -2.32. The number of hydroxylamine groups is 2. The van der Waals surface area contributed by atoms with Crippen molar-refractivity contribution < 1.29 is 74.4 Å². The molecule has 3 aliphatic rings. The van der Waals surface area contributed by atoms with Crippen LogP contribution in [0.5, 0.6) is 0 Å². The average Bonchev–Trinajstić information content (AvgIpc) is 3.77. The van der Waals surface area contributed by atoms with Crippen molar-refractivity contribution in [2.75, 3.05) is 43.1 Å². The van der Waals surface area contributed by atoms with Gasteiger partial charge >= 0.3 is 5.97 Å². The second kappa shape index (κ2) is 23.2. The summed E-state index contributed by atoms with van der Waals surface area (Å²) in [6, 6.07) is 10.7. The van der Waals surface area contributed by atoms with Crippen LogP contribution in [0.15, 0.2) is 94.4 Å². The molecule has 0 saturated carbocycles. The number of amides is 2. The number of carbonyl (C=O) groups excluding carboxylic acids is 3. The Balaban J connectivity index is 1.32. The number of rotatable bonds is 25. The van der Waals surface area contributed by atoms with E-state index in [2.05, 4.69) is 42.1 Å². The fraction of sp³-hybridized carbons (Fsp3) is 0.442. The molecule has 5 rings (SSSR count). The van der Waals surface area contributed by atoms with E-state index in [1.807, 2.05) is 74.6 Å². The van der Waals surface area contributed by atoms with Gasteiger partial charge in [0, 0.05) is 103 Å². The Hall–Kier alpha value is -4.24. The lowest BCUT2D eigenvalue weighted by molar-refractivity contribution is -0.438. The van der Waals surface area contributed by atoms with E-state index in [0.717, 1.165) is 62.3 Å². The van der Waals surface area contributed by atoms with Crippen molar-refractivity contribution in [2.45, 2.75) is 93.3 Å². The van der Waals surface area contributed by atoms with Gasteiger partial charge in [-0.2, -0.15) is 13.0 Å². The summed E-state index contributed by atoms with van der Waals surface area (Å²) in [7, 11) is -6.68. The smallest absolute Gasteiger partial charge is 0.333 e. The van der Waals surface area contributed by atoms with E-state index in [-0.39, 0.29) is 49.3 Å². The van der Waals surface area contributed by atoms with E-state index in [4.69, 9.17) is 15.4 Å². The van der Waals surface area contributed by atoms with Gasteiger partial charge in [0.15, 0.2) is 5.71 Å². The molecule has 23 heteroatoms. The highest BCUT2D eigenvalue weighted by molar-refractivity contribution is 7.94. The van der Waals surface area contributed by atoms with Gasteiger partial charge in [-0.05, 0) is 75.1 Å². The Bertz CT molecular complexity index is 2490. The topological polar surface area (TPSA) is 239 Å². The molecule has 0 aliphatic carbocycles. The number of allylic oxidation sites excluding steroid dienone is 8. The zero-order chi connectivity index (χ0) is 48.3. The highest BCUT2D eigenvalue weighted by Gasteiger charge is 2.45. The third kappa shape index (κ3) is 13.0. The number of anilines is 1. The molecular weight excluding hydrogens is 941 g/mol. The average molecular weight is 996 g/mol. The number of fused-ring (bicyclic) bond motifs is 2. The maximum Gasteiger partial charge on any atom is 0.333 e. The van der Waals surface area contributed by atoms with Gasteiger partial charge in [-0.25, -0.2) is 28.0 Å². The number of hydrogen-bond donors (Lipinski definition) is 3. The summed E-state index contributed by atoms with van der Waals surface area (Å²) in [6.45, 7) is 9.15. The standard InChI is InChI=1S/C43H54N4O15S4/c1-42(2)33-29-31(64-62-60-52)18-20-35(33)45(25-11-12-28-65(53,54)55)37(42)15-9-7-6-8-10-16-38-43(3,4)34-30-32(19-21-36(34)46(38)26-14-27-63-61-59-51)66(56,57)44(5)24-13-17-41(50)58-47-39(48)22-23-40(47)49/h6-10,15-16,18-21,29-30H,11-14,17,22-28H2,1-5H3,(H2-,51,52,53,54,55)/p+1. The van der Waals surface area contributed by atoms with Gasteiger partial charge in [0.05, 0.1) is 28.1 Å². The molecule has 2 aromatic carbocycles. The Morgan fingerprint density at radius 1 is 0.864 bits per heavy atom. The summed E-state index contributed by atoms with van der Waals surface area (Å²) in [4.78, 5) is 43.7. The highest BCUT2D eigenvalue weighted by Crippen LogP contribution is 2.49. The molecule has 2 aromatic rings. The van der Waals surface area contributed by atoms with Gasteiger partial charge in [-0.15, -0.1) is 13.7 Å². The third-order valence-corrected chi connectivity index (χ3v) is 15.2. The van der Waals surface area contributed by atoms with Crippen molar-refractivity contribution in [3.8, 4) is 0 Å². The van der Waals surface area contributed by atoms with E-state index >= 15 is 0 Å². The van der Waals surface area contributed by atoms with Crippen molar-refractivity contribution in [3.05, 3.63) is 95.8 Å². The van der Waals surface area contributed by atoms with Gasteiger partial charge in [-0.3, -0.25) is 14.1 Å². The SMILES string of the molecule is CN(CCCC(=O)ON1C(=O)CCC1=O)S(=O)(=O)c1ccc2c(c1)C(C)(C)\C(=C/C=C/C=C/C=C/C1=[N+](CCCCS(=O)(=O)O)c3ccc(SOOO)cc3C1(C)C)N2CCCSOOO. The largest absolute Gasteiger partial charge is 0.344 e. The zero-order valence-corrected chi connectivity index (χ0v) is 40.4. The molecular formula is C43H55N4O15S4+. The summed E-state index contributed by atoms with van der Waals surface area (Å²) < 4.78 is 72.1. The number of benzene rings is 2. The van der Waals surface area contributed by atoms with E-state index in [1.165, 1.54) is 7.05 Å². The Morgan fingerprint density at radius 3 is 2.26 bits per heavy atom. The van der Waals surface area contributed by atoms with E-state index in [0.29, 0.717) is 41.6 Å². The van der Waals surface area contributed by atoms with Gasteiger partial charge in [-0.1, -0.05) is 54.3 Å². The fourth-order valence-electron chi connectivity index (χ4n) is 7.99. The number of sulfonamides is 1. The van der Waals surface area contributed by atoms with Crippen molar-refractivity contribution in [2.24, 2.45) is 0 Å². The van der Waals surface area contributed by atoms with Gasteiger partial charge in [0.25, 0.3) is 21.9 Å². The van der Waals surface area contributed by atoms with E-state index in [1.54, 1.807) is 18.2 Å². The van der Waals surface area contributed by atoms with Crippen LogP contribution in [0, 0.1) is 0 Å². The maximum atomic E-state index is 13.8. The van der Waals surface area contributed by atoms with Crippen molar-refractivity contribution >= 4 is 79.1 Å². The molecule has 19 nitrogen and oxygen atoms in total. The zero-order valence-electron chi connectivity index (χ0n) is 37.2. The molecule has 3 N–H and O–H groups in total. The molecule has 360 valence electrons. The monoisotopic (exact) mass is 995 g/mol. The first-order valence-corrected chi connectivity index (χ1v) is 25.6. The number of nitrogens with zero attached hydrogens (tertiary/aromatic N) is 4. The Labute approximate surface area is 393 Å². The number of hydrogen-bond acceptors (Lipinski definition) is 17. The molecule has 0 spiro atoms. The molecule has 3 aliphatic heterocycles. The van der Waals surface area contributed by atoms with Gasteiger partial charge in [0.2, 0.25) is 15.7 Å². The summed E-state index contributed by atoms with van der Waals surface area (Å²) in [5.74, 6) is -1.86. The second-order valence-corrected chi connectivity index (χ2v) is 21.7. The lowest BCUT2D eigenvalue weighted by atomic mass is 9.81. The first-order valence-electron chi connectivity index (χ1n) is 20.9. The second-order valence-electron chi connectivity index (χ2n) is 16.5. The molecule has 0 atom stereocenters. The van der Waals surface area contributed by atoms with Crippen LogP contribution in [0.25, 0.3) is 0 Å². The predicted octanol–water partition coefficient (Wildman–Crippen LogP) is 6.98. The van der Waals surface area contributed by atoms with Crippen LogP contribution >= 0.6 is 24.1 Å². The Kier molecular flexibility index (Phi) is 18.5. The normalized spacial score (nSPS) is 17.8. The van der Waals surface area contributed by atoms with Crippen LogP contribution in [0.1, 0.15) is 83.8 Å². The molecule has 0 bridgehead atoms. The number of unbranched alkanes of at least 4 members (excludes halogenated alkanes) is 1. The summed E-state index contributed by atoms with van der Waals surface area (Å²) in [5.41, 5.74) is 4.24. The lowest BCUT2D eigenvalue weighted by Gasteiger charge is -2.27. The summed E-state index contributed by atoms with van der Waals surface area (Å²) >= 11 is 1.79. The molecule has 0 aromatic heterocycles. The minimum absolute atomic E-state index is 0.0250. The minimum atomic E-state index is -4.09. The number of imide groups is 1. The minimum Gasteiger partial charge on any atom is -0.344 e. The predicted molar refractivity (Wildman–Crippen MR) is 246 cm³/mol. The molecule has 0 unspecified atom stereocenters. The van der Waals surface area contributed by atoms with Crippen LogP contribution in [-0.4, -0.2) is 108 Å². The van der Waals surface area contributed by atoms with Gasteiger partial charge in [0.1, 0.15) is 6.54 Å². The molecule has 2 amide bonds. The molecule has 3 heterocycles. The van der Waals surface area contributed by atoms with Crippen molar-refractivity contribution in [3.63, 3.8) is 0 Å². The first kappa shape index (κ1) is 52.7. The van der Waals surface area contributed by atoms with Crippen LogP contribution < -0.4 is 4.90 Å². The van der Waals surface area contributed by atoms with Gasteiger partial charge < -0.3 is 9.74 Å². The first-order chi connectivity index (χ1) is 31.2. The molecule has 0 radical (unpaired) electrons. The number of carbonyl (C=O) groups is 3. The van der Waals surface area contributed by atoms with Crippen LogP contribution in [0.3, 0.4) is 0 Å². The molecule has 1 saturated heterocycles. The van der Waals surface area contributed by atoms with Crippen LogP contribution in [-0.2, 0) is 68.9 Å². The third-order valence-electron chi connectivity index (χ3n) is 11.3. The maximum absolute atomic E-state index is 13.8. The molecule has 66 heavy (non-hydrogen) atoms. The van der Waals surface area contributed by atoms with Crippen LogP contribution in [0.4, 0.5) is 11.4 Å². The van der Waals surface area contributed by atoms with Crippen molar-refractivity contribution in [1.29, 1.82) is 0 Å². The highest BCUT2D eigenvalue weighted by atomic mass is 32.2. The molecule has 1 fully saturated rings. The summed E-state index contributed by atoms with van der Waals surface area (Å²) in [6.07, 6.45) is 14.6. The van der Waals surface area contributed by atoms with Crippen LogP contribution in [0.2, 0.25) is 0 Å². The van der Waals surface area contributed by atoms with E-state index in [9.17, 15) is 35.8 Å². The quantitative estimate of drug-likeness (QED) is 0.0133. The fourth-order valence-corrected chi connectivity index (χ4v) is 10.5. The van der Waals surface area contributed by atoms with Crippen molar-refractivity contribution in [1.82, 2.24) is 9.37 Å².